The first-order chi connectivity index (χ1) is 17.1. The Kier molecular flexibility index (Phi) is 6.19. The Labute approximate surface area is 203 Å². The molecule has 35 heavy (non-hydrogen) atoms. The third-order valence-corrected chi connectivity index (χ3v) is 6.20. The van der Waals surface area contributed by atoms with E-state index in [4.69, 9.17) is 14.0 Å². The highest BCUT2D eigenvalue weighted by Gasteiger charge is 2.18. The molecule has 5 aromatic rings. The molecule has 2 heterocycles. The summed E-state index contributed by atoms with van der Waals surface area (Å²) in [5.41, 5.74) is 0.909. The molecule has 0 aliphatic carbocycles. The van der Waals surface area contributed by atoms with E-state index >= 15 is 0 Å². The molecule has 5 rings (SSSR count). The van der Waals surface area contributed by atoms with Crippen LogP contribution in [0.1, 0.15) is 5.89 Å². The summed E-state index contributed by atoms with van der Waals surface area (Å²) in [4.78, 5) is 22.4. The molecule has 0 spiro atoms. The Hall–Kier alpha value is -4.18. The van der Waals surface area contributed by atoms with Gasteiger partial charge in [0, 0.05) is 6.07 Å². The zero-order valence-corrected chi connectivity index (χ0v) is 19.6. The van der Waals surface area contributed by atoms with Crippen molar-refractivity contribution >= 4 is 22.7 Å². The number of halogens is 1. The number of hydrogen-bond donors (Lipinski definition) is 0. The Morgan fingerprint density at radius 1 is 1.00 bits per heavy atom. The second-order valence-electron chi connectivity index (χ2n) is 7.37. The molecule has 3 aromatic carbocycles. The molecule has 0 radical (unpaired) electrons. The van der Waals surface area contributed by atoms with Gasteiger partial charge in [-0.25, -0.2) is 9.37 Å². The fraction of sp³-hybridized carbons (Fsp3) is 0.120. The number of nitrogens with zero attached hydrogens (tertiary/aromatic N) is 4. The Bertz CT molecular complexity index is 1580. The number of rotatable bonds is 7. The lowest BCUT2D eigenvalue weighted by Gasteiger charge is -2.13. The van der Waals surface area contributed by atoms with Crippen LogP contribution in [0.5, 0.6) is 11.5 Å². The van der Waals surface area contributed by atoms with Crippen LogP contribution in [0.25, 0.3) is 28.0 Å². The van der Waals surface area contributed by atoms with E-state index in [1.807, 2.05) is 0 Å². The van der Waals surface area contributed by atoms with Gasteiger partial charge in [-0.15, -0.1) is 0 Å². The minimum absolute atomic E-state index is 0.118. The number of para-hydroxylation sites is 2. The SMILES string of the molecule is COc1ccc(-c2noc(CSc3nc4ccccc4c(=O)n3-c3ccccc3F)n2)c(OC)c1. The highest BCUT2D eigenvalue weighted by atomic mass is 32.2. The van der Waals surface area contributed by atoms with Gasteiger partial charge in [-0.1, -0.05) is 41.2 Å². The first-order valence-corrected chi connectivity index (χ1v) is 11.5. The second kappa shape index (κ2) is 9.59. The largest absolute Gasteiger partial charge is 0.497 e. The van der Waals surface area contributed by atoms with Crippen LogP contribution >= 0.6 is 11.8 Å². The highest BCUT2D eigenvalue weighted by molar-refractivity contribution is 7.98. The zero-order valence-electron chi connectivity index (χ0n) is 18.8. The Balaban J connectivity index is 1.50. The number of methoxy groups -OCH3 is 2. The van der Waals surface area contributed by atoms with E-state index in [0.29, 0.717) is 44.8 Å². The van der Waals surface area contributed by atoms with Crippen LogP contribution in [0, 0.1) is 5.82 Å². The number of hydrogen-bond acceptors (Lipinski definition) is 8. The molecule has 0 amide bonds. The maximum atomic E-state index is 14.7. The van der Waals surface area contributed by atoms with Crippen LogP contribution < -0.4 is 15.0 Å². The van der Waals surface area contributed by atoms with Gasteiger partial charge in [0.2, 0.25) is 11.7 Å². The van der Waals surface area contributed by atoms with Crippen molar-refractivity contribution in [3.8, 4) is 28.6 Å². The molecule has 2 aromatic heterocycles. The van der Waals surface area contributed by atoms with Crippen molar-refractivity contribution in [2.45, 2.75) is 10.9 Å². The smallest absolute Gasteiger partial charge is 0.266 e. The molecule has 10 heteroatoms. The molecular weight excluding hydrogens is 471 g/mol. The average Bonchev–Trinajstić information content (AvgIpc) is 3.36. The first kappa shape index (κ1) is 22.6. The second-order valence-corrected chi connectivity index (χ2v) is 8.31. The first-order valence-electron chi connectivity index (χ1n) is 10.5. The van der Waals surface area contributed by atoms with Crippen LogP contribution in [0.2, 0.25) is 0 Å². The molecule has 0 aliphatic heterocycles. The molecular formula is C25H19FN4O4S. The summed E-state index contributed by atoms with van der Waals surface area (Å²) in [5, 5.41) is 4.76. The van der Waals surface area contributed by atoms with Gasteiger partial charge >= 0.3 is 0 Å². The molecule has 0 fully saturated rings. The summed E-state index contributed by atoms with van der Waals surface area (Å²) in [6, 6.07) is 18.3. The summed E-state index contributed by atoms with van der Waals surface area (Å²) in [5.74, 6) is 1.51. The predicted octanol–water partition coefficient (Wildman–Crippen LogP) is 4.88. The van der Waals surface area contributed by atoms with Gasteiger partial charge in [-0.3, -0.25) is 9.36 Å². The lowest BCUT2D eigenvalue weighted by molar-refractivity contribution is 0.388. The maximum absolute atomic E-state index is 14.7. The fourth-order valence-electron chi connectivity index (χ4n) is 3.59. The molecule has 0 saturated heterocycles. The van der Waals surface area contributed by atoms with Gasteiger partial charge in [0.1, 0.15) is 17.3 Å². The molecule has 0 atom stereocenters. The van der Waals surface area contributed by atoms with E-state index in [-0.39, 0.29) is 17.0 Å². The molecule has 0 bridgehead atoms. The van der Waals surface area contributed by atoms with Crippen molar-refractivity contribution in [2.75, 3.05) is 14.2 Å². The summed E-state index contributed by atoms with van der Waals surface area (Å²) in [6.45, 7) is 0. The van der Waals surface area contributed by atoms with Gasteiger partial charge in [-0.05, 0) is 36.4 Å². The van der Waals surface area contributed by atoms with Gasteiger partial charge < -0.3 is 14.0 Å². The maximum Gasteiger partial charge on any atom is 0.266 e. The van der Waals surface area contributed by atoms with Crippen molar-refractivity contribution in [3.63, 3.8) is 0 Å². The van der Waals surface area contributed by atoms with Gasteiger partial charge in [0.25, 0.3) is 5.56 Å². The van der Waals surface area contributed by atoms with E-state index in [9.17, 15) is 9.18 Å². The third kappa shape index (κ3) is 4.35. The van der Waals surface area contributed by atoms with Crippen molar-refractivity contribution < 1.29 is 18.4 Å². The van der Waals surface area contributed by atoms with E-state index < -0.39 is 5.82 Å². The number of thioether (sulfide) groups is 1. The van der Waals surface area contributed by atoms with E-state index in [1.165, 1.54) is 28.5 Å². The van der Waals surface area contributed by atoms with Crippen LogP contribution in [-0.2, 0) is 5.75 Å². The van der Waals surface area contributed by atoms with Crippen molar-refractivity contribution in [3.05, 3.63) is 88.8 Å². The zero-order chi connectivity index (χ0) is 24.4. The minimum Gasteiger partial charge on any atom is -0.497 e. The van der Waals surface area contributed by atoms with Crippen molar-refractivity contribution in [1.82, 2.24) is 19.7 Å². The fourth-order valence-corrected chi connectivity index (χ4v) is 4.43. The third-order valence-electron chi connectivity index (χ3n) is 5.28. The summed E-state index contributed by atoms with van der Waals surface area (Å²) in [6.07, 6.45) is 0. The lowest BCUT2D eigenvalue weighted by atomic mass is 10.2. The van der Waals surface area contributed by atoms with Crippen LogP contribution in [-0.4, -0.2) is 33.9 Å². The number of aromatic nitrogens is 4. The quantitative estimate of drug-likeness (QED) is 0.235. The molecule has 8 nitrogen and oxygen atoms in total. The topological polar surface area (TPSA) is 92.3 Å². The number of benzene rings is 3. The molecule has 0 aliphatic rings. The number of ether oxygens (including phenoxy) is 2. The van der Waals surface area contributed by atoms with E-state index in [2.05, 4.69) is 15.1 Å². The van der Waals surface area contributed by atoms with Crippen molar-refractivity contribution in [2.24, 2.45) is 0 Å². The summed E-state index contributed by atoms with van der Waals surface area (Å²) >= 11 is 1.19. The van der Waals surface area contributed by atoms with Gasteiger partial charge in [-0.2, -0.15) is 4.98 Å². The lowest BCUT2D eigenvalue weighted by Crippen LogP contribution is -2.22. The van der Waals surface area contributed by atoms with Gasteiger partial charge in [0.15, 0.2) is 5.16 Å². The average molecular weight is 491 g/mol. The van der Waals surface area contributed by atoms with Crippen LogP contribution in [0.4, 0.5) is 4.39 Å². The van der Waals surface area contributed by atoms with E-state index in [0.717, 1.165) is 0 Å². The highest BCUT2D eigenvalue weighted by Crippen LogP contribution is 2.32. The Morgan fingerprint density at radius 2 is 1.80 bits per heavy atom. The molecule has 0 N–H and O–H groups in total. The minimum atomic E-state index is -0.528. The van der Waals surface area contributed by atoms with Gasteiger partial charge in [0.05, 0.1) is 42.1 Å². The number of fused-ring (bicyclic) bond motifs is 1. The normalized spacial score (nSPS) is 11.1. The Morgan fingerprint density at radius 3 is 2.60 bits per heavy atom. The van der Waals surface area contributed by atoms with Crippen LogP contribution in [0.3, 0.4) is 0 Å². The monoisotopic (exact) mass is 490 g/mol. The summed E-state index contributed by atoms with van der Waals surface area (Å²) in [7, 11) is 3.11. The molecule has 0 saturated carbocycles. The van der Waals surface area contributed by atoms with E-state index in [1.54, 1.807) is 68.8 Å². The van der Waals surface area contributed by atoms with Crippen LogP contribution in [0.15, 0.2) is 81.2 Å². The standard InChI is InChI=1S/C25H19FN4O4S/c1-32-15-11-12-17(21(13-15)33-2)23-28-22(34-29-23)14-35-25-27-19-9-5-3-7-16(19)24(31)30(25)20-10-6-4-8-18(20)26/h3-13H,14H2,1-2H3. The van der Waals surface area contributed by atoms with Crippen molar-refractivity contribution in [1.29, 1.82) is 0 Å². The summed E-state index contributed by atoms with van der Waals surface area (Å²) < 4.78 is 32.0. The molecule has 176 valence electrons. The predicted molar refractivity (Wildman–Crippen MR) is 130 cm³/mol. The molecule has 0 unspecified atom stereocenters.